The van der Waals surface area contributed by atoms with Crippen LogP contribution in [0.25, 0.3) is 22.6 Å². The average Bonchev–Trinajstić information content (AvgIpc) is 3.28. The van der Waals surface area contributed by atoms with Crippen LogP contribution in [0.5, 0.6) is 0 Å². The fourth-order valence-electron chi connectivity index (χ4n) is 3.68. The Morgan fingerprint density at radius 2 is 1.72 bits per heavy atom. The number of halogens is 4. The number of hydrogen-bond donors (Lipinski definition) is 1. The quantitative estimate of drug-likeness (QED) is 0.306. The molecule has 0 bridgehead atoms. The summed E-state index contributed by atoms with van der Waals surface area (Å²) in [5.74, 6) is -1.35. The van der Waals surface area contributed by atoms with Gasteiger partial charge in [-0.05, 0) is 61.5 Å². The van der Waals surface area contributed by atoms with E-state index in [2.05, 4.69) is 9.84 Å². The third-order valence-electron chi connectivity index (χ3n) is 5.28. The maximum absolute atomic E-state index is 13.4. The Balaban J connectivity index is 2.01. The SMILES string of the molecule is Cc1c(-c2ccnn2-c2ccc(Cl)cc2)cc(C(=O)OC(N)=O)c(=O)n1-c1cccc(C(F)(F)F)c1. The molecule has 2 aromatic heterocycles. The number of primary amides is 1. The summed E-state index contributed by atoms with van der Waals surface area (Å²) in [4.78, 5) is 37.0. The molecular weight excluding hydrogens is 501 g/mol. The summed E-state index contributed by atoms with van der Waals surface area (Å²) in [6.45, 7) is 1.50. The Labute approximate surface area is 206 Å². The van der Waals surface area contributed by atoms with Crippen molar-refractivity contribution in [3.63, 3.8) is 0 Å². The van der Waals surface area contributed by atoms with Crippen LogP contribution >= 0.6 is 11.6 Å². The number of nitrogens with zero attached hydrogens (tertiary/aromatic N) is 3. The predicted molar refractivity (Wildman–Crippen MR) is 124 cm³/mol. The highest BCUT2D eigenvalue weighted by molar-refractivity contribution is 6.30. The van der Waals surface area contributed by atoms with Crippen LogP contribution in [0.3, 0.4) is 0 Å². The fraction of sp³-hybridized carbons (Fsp3) is 0.0833. The molecule has 12 heteroatoms. The maximum atomic E-state index is 13.4. The van der Waals surface area contributed by atoms with Crippen molar-refractivity contribution in [1.82, 2.24) is 14.3 Å². The molecule has 0 aliphatic rings. The molecule has 0 fully saturated rings. The third kappa shape index (κ3) is 4.73. The van der Waals surface area contributed by atoms with Gasteiger partial charge in [-0.3, -0.25) is 9.36 Å². The number of ether oxygens (including phenoxy) is 1. The number of aromatic nitrogens is 3. The van der Waals surface area contributed by atoms with E-state index in [1.807, 2.05) is 0 Å². The number of esters is 1. The zero-order valence-corrected chi connectivity index (χ0v) is 19.2. The second kappa shape index (κ2) is 9.34. The van der Waals surface area contributed by atoms with E-state index in [-0.39, 0.29) is 16.9 Å². The molecule has 4 aromatic rings. The minimum absolute atomic E-state index is 0.153. The van der Waals surface area contributed by atoms with Gasteiger partial charge in [-0.25, -0.2) is 14.3 Å². The first-order valence-corrected chi connectivity index (χ1v) is 10.6. The van der Waals surface area contributed by atoms with Crippen LogP contribution in [0.15, 0.2) is 71.7 Å². The summed E-state index contributed by atoms with van der Waals surface area (Å²) in [7, 11) is 0. The van der Waals surface area contributed by atoms with Crippen molar-refractivity contribution >= 4 is 23.7 Å². The summed E-state index contributed by atoms with van der Waals surface area (Å²) < 4.78 is 46.9. The summed E-state index contributed by atoms with van der Waals surface area (Å²) >= 11 is 5.97. The molecular formula is C24H16ClF3N4O4. The van der Waals surface area contributed by atoms with E-state index in [0.29, 0.717) is 16.4 Å². The summed E-state index contributed by atoms with van der Waals surface area (Å²) in [5.41, 5.74) is 3.60. The van der Waals surface area contributed by atoms with Gasteiger partial charge < -0.3 is 10.5 Å². The molecule has 0 unspecified atom stereocenters. The van der Waals surface area contributed by atoms with Crippen molar-refractivity contribution in [1.29, 1.82) is 0 Å². The molecule has 0 aliphatic heterocycles. The summed E-state index contributed by atoms with van der Waals surface area (Å²) in [5, 5.41) is 4.76. The van der Waals surface area contributed by atoms with Gasteiger partial charge in [0.15, 0.2) is 0 Å². The first-order chi connectivity index (χ1) is 17.0. The Morgan fingerprint density at radius 1 is 1.03 bits per heavy atom. The van der Waals surface area contributed by atoms with E-state index >= 15 is 0 Å². The van der Waals surface area contributed by atoms with E-state index in [1.165, 1.54) is 29.9 Å². The van der Waals surface area contributed by atoms with Crippen LogP contribution in [-0.4, -0.2) is 26.4 Å². The van der Waals surface area contributed by atoms with Crippen molar-refractivity contribution in [2.24, 2.45) is 5.73 Å². The van der Waals surface area contributed by atoms with Crippen molar-refractivity contribution < 1.29 is 27.5 Å². The molecule has 0 aliphatic carbocycles. The van der Waals surface area contributed by atoms with Gasteiger partial charge in [0, 0.05) is 22.0 Å². The normalized spacial score (nSPS) is 11.4. The van der Waals surface area contributed by atoms with Crippen LogP contribution < -0.4 is 11.3 Å². The van der Waals surface area contributed by atoms with Gasteiger partial charge in [-0.15, -0.1) is 0 Å². The first-order valence-electron chi connectivity index (χ1n) is 10.2. The highest BCUT2D eigenvalue weighted by Crippen LogP contribution is 2.32. The van der Waals surface area contributed by atoms with Gasteiger partial charge in [-0.1, -0.05) is 17.7 Å². The van der Waals surface area contributed by atoms with E-state index in [1.54, 1.807) is 30.3 Å². The van der Waals surface area contributed by atoms with E-state index in [9.17, 15) is 27.6 Å². The lowest BCUT2D eigenvalue weighted by atomic mass is 10.1. The van der Waals surface area contributed by atoms with Crippen molar-refractivity contribution in [3.05, 3.63) is 99.1 Å². The smallest absolute Gasteiger partial charge is 0.373 e. The number of benzene rings is 2. The zero-order valence-electron chi connectivity index (χ0n) is 18.4. The lowest BCUT2D eigenvalue weighted by Crippen LogP contribution is -2.30. The van der Waals surface area contributed by atoms with Crippen LogP contribution in [0.2, 0.25) is 5.02 Å². The van der Waals surface area contributed by atoms with Crippen molar-refractivity contribution in [3.8, 4) is 22.6 Å². The second-order valence-electron chi connectivity index (χ2n) is 7.56. The summed E-state index contributed by atoms with van der Waals surface area (Å²) in [6.07, 6.45) is -4.66. The molecule has 0 saturated heterocycles. The topological polar surface area (TPSA) is 109 Å². The van der Waals surface area contributed by atoms with Crippen LogP contribution in [-0.2, 0) is 10.9 Å². The molecule has 2 heterocycles. The van der Waals surface area contributed by atoms with Crippen LogP contribution in [0.1, 0.15) is 21.6 Å². The minimum Gasteiger partial charge on any atom is -0.373 e. The van der Waals surface area contributed by atoms with Gasteiger partial charge in [-0.2, -0.15) is 18.3 Å². The lowest BCUT2D eigenvalue weighted by Gasteiger charge is -2.18. The van der Waals surface area contributed by atoms with Gasteiger partial charge in [0.2, 0.25) is 0 Å². The number of hydrogen-bond acceptors (Lipinski definition) is 5. The van der Waals surface area contributed by atoms with Gasteiger partial charge in [0.1, 0.15) is 5.56 Å². The first kappa shape index (κ1) is 24.7. The Bertz CT molecular complexity index is 1540. The van der Waals surface area contributed by atoms with Gasteiger partial charge in [0.05, 0.1) is 23.1 Å². The molecule has 2 aromatic carbocycles. The van der Waals surface area contributed by atoms with Crippen molar-refractivity contribution in [2.45, 2.75) is 13.1 Å². The highest BCUT2D eigenvalue weighted by Gasteiger charge is 2.31. The maximum Gasteiger partial charge on any atom is 0.416 e. The molecule has 1 amide bonds. The number of carbonyl (C=O) groups excluding carboxylic acids is 2. The molecule has 36 heavy (non-hydrogen) atoms. The molecule has 184 valence electrons. The predicted octanol–water partition coefficient (Wildman–Crippen LogP) is 4.91. The zero-order chi connectivity index (χ0) is 26.2. The Kier molecular flexibility index (Phi) is 6.42. The fourth-order valence-corrected chi connectivity index (χ4v) is 3.81. The van der Waals surface area contributed by atoms with E-state index < -0.39 is 34.9 Å². The Hall–Kier alpha value is -4.38. The summed E-state index contributed by atoms with van der Waals surface area (Å²) in [6, 6.07) is 13.4. The molecule has 0 atom stereocenters. The Morgan fingerprint density at radius 3 is 2.36 bits per heavy atom. The van der Waals surface area contributed by atoms with Crippen molar-refractivity contribution in [2.75, 3.05) is 0 Å². The van der Waals surface area contributed by atoms with E-state index in [0.717, 1.165) is 22.8 Å². The third-order valence-corrected chi connectivity index (χ3v) is 5.53. The average molecular weight is 517 g/mol. The van der Waals surface area contributed by atoms with Gasteiger partial charge >= 0.3 is 18.2 Å². The molecule has 0 saturated carbocycles. The minimum atomic E-state index is -4.67. The number of rotatable bonds is 4. The largest absolute Gasteiger partial charge is 0.416 e. The number of alkyl halides is 3. The van der Waals surface area contributed by atoms with Crippen LogP contribution in [0.4, 0.5) is 18.0 Å². The second-order valence-corrected chi connectivity index (χ2v) is 8.00. The number of nitrogens with two attached hydrogens (primary N) is 1. The standard InChI is InChI=1S/C24H16ClF3N4O4/c1-13-18(20-9-10-30-32(20)16-7-5-15(25)6-8-16)12-19(22(34)36-23(29)35)21(33)31(13)17-4-2-3-14(11-17)24(26,27)28/h2-12H,1H3,(H2,29,35). The van der Waals surface area contributed by atoms with E-state index in [4.69, 9.17) is 17.3 Å². The molecule has 0 spiro atoms. The highest BCUT2D eigenvalue weighted by atomic mass is 35.5. The van der Waals surface area contributed by atoms with Crippen LogP contribution in [0, 0.1) is 6.92 Å². The van der Waals surface area contributed by atoms with Gasteiger partial charge in [0.25, 0.3) is 5.56 Å². The molecule has 0 radical (unpaired) electrons. The lowest BCUT2D eigenvalue weighted by molar-refractivity contribution is -0.137. The number of carbonyl (C=O) groups is 2. The number of pyridine rings is 1. The molecule has 4 rings (SSSR count). The number of amides is 1. The molecule has 2 N–H and O–H groups in total. The monoisotopic (exact) mass is 516 g/mol. The molecule has 8 nitrogen and oxygen atoms in total.